The number of para-hydroxylation sites is 1. The Labute approximate surface area is 116 Å². The molecule has 2 rings (SSSR count). The third-order valence-corrected chi connectivity index (χ3v) is 3.63. The van der Waals surface area contributed by atoms with Crippen LogP contribution in [0.2, 0.25) is 0 Å². The van der Waals surface area contributed by atoms with Gasteiger partial charge in [0.1, 0.15) is 5.75 Å². The van der Waals surface area contributed by atoms with E-state index in [0.717, 1.165) is 12.3 Å². The fourth-order valence-corrected chi connectivity index (χ4v) is 2.71. The number of rotatable bonds is 5. The molecule has 1 aliphatic heterocycles. The van der Waals surface area contributed by atoms with Crippen molar-refractivity contribution in [2.24, 2.45) is 0 Å². The summed E-state index contributed by atoms with van der Waals surface area (Å²) < 4.78 is 5.90. The van der Waals surface area contributed by atoms with E-state index in [1.807, 2.05) is 6.07 Å². The predicted octanol–water partition coefficient (Wildman–Crippen LogP) is 2.83. The molecule has 0 bridgehead atoms. The fraction of sp³-hybridized carbons (Fsp3) is 0.625. The number of nitrogens with one attached hydrogen (secondary N) is 1. The monoisotopic (exact) mass is 262 g/mol. The molecule has 1 aromatic rings. The Balaban J connectivity index is 2.03. The molecule has 0 amide bonds. The third kappa shape index (κ3) is 3.95. The normalized spacial score (nSPS) is 21.8. The maximum absolute atomic E-state index is 5.90. The molecule has 0 saturated carbocycles. The molecule has 0 aliphatic carbocycles. The highest BCUT2D eigenvalue weighted by Gasteiger charge is 2.22. The van der Waals surface area contributed by atoms with Gasteiger partial charge in [-0.3, -0.25) is 0 Å². The maximum atomic E-state index is 5.90. The van der Waals surface area contributed by atoms with E-state index < -0.39 is 0 Å². The first kappa shape index (κ1) is 14.4. The molecule has 1 fully saturated rings. The molecule has 1 heterocycles. The highest BCUT2D eigenvalue weighted by atomic mass is 16.5. The number of benzene rings is 1. The van der Waals surface area contributed by atoms with Gasteiger partial charge in [-0.05, 0) is 46.9 Å². The molecule has 2 unspecified atom stereocenters. The second kappa shape index (κ2) is 6.40. The van der Waals surface area contributed by atoms with Crippen LogP contribution >= 0.6 is 0 Å². The Morgan fingerprint density at radius 2 is 2.00 bits per heavy atom. The van der Waals surface area contributed by atoms with Crippen molar-refractivity contribution in [2.45, 2.75) is 45.4 Å². The van der Waals surface area contributed by atoms with Crippen molar-refractivity contribution < 1.29 is 4.74 Å². The van der Waals surface area contributed by atoms with Gasteiger partial charge in [-0.15, -0.1) is 0 Å². The number of likely N-dealkylation sites (N-methyl/N-ethyl adjacent to an activating group) is 1. The Hall–Kier alpha value is -1.06. The second-order valence-corrected chi connectivity index (χ2v) is 5.84. The lowest BCUT2D eigenvalue weighted by Gasteiger charge is -2.23. The van der Waals surface area contributed by atoms with E-state index in [9.17, 15) is 0 Å². The van der Waals surface area contributed by atoms with E-state index in [1.54, 1.807) is 0 Å². The summed E-state index contributed by atoms with van der Waals surface area (Å²) in [5.41, 5.74) is 1.26. The lowest BCUT2D eigenvalue weighted by molar-refractivity contribution is 0.237. The van der Waals surface area contributed by atoms with Gasteiger partial charge in [0.15, 0.2) is 0 Å². The Morgan fingerprint density at radius 1 is 1.26 bits per heavy atom. The van der Waals surface area contributed by atoms with Crippen LogP contribution in [0.1, 0.15) is 38.8 Å². The van der Waals surface area contributed by atoms with Gasteiger partial charge in [0, 0.05) is 24.2 Å². The SMILES string of the molecule is CC(C)Oc1ccccc1C(C)NC1CCN(C)C1. The van der Waals surface area contributed by atoms with Crippen LogP contribution in [0.3, 0.4) is 0 Å². The molecule has 2 atom stereocenters. The molecule has 106 valence electrons. The Kier molecular flexibility index (Phi) is 4.83. The molecule has 0 radical (unpaired) electrons. The summed E-state index contributed by atoms with van der Waals surface area (Å²) in [6, 6.07) is 9.26. The predicted molar refractivity (Wildman–Crippen MR) is 79.7 cm³/mol. The molecule has 3 nitrogen and oxygen atoms in total. The van der Waals surface area contributed by atoms with Gasteiger partial charge in [-0.1, -0.05) is 18.2 Å². The van der Waals surface area contributed by atoms with Crippen LogP contribution in [-0.2, 0) is 0 Å². The standard InChI is InChI=1S/C16H26N2O/c1-12(2)19-16-8-6-5-7-15(16)13(3)17-14-9-10-18(4)11-14/h5-8,12-14,17H,9-11H2,1-4H3. The largest absolute Gasteiger partial charge is 0.491 e. The van der Waals surface area contributed by atoms with Crippen molar-refractivity contribution >= 4 is 0 Å². The van der Waals surface area contributed by atoms with E-state index in [4.69, 9.17) is 4.74 Å². The van der Waals surface area contributed by atoms with Gasteiger partial charge in [0.2, 0.25) is 0 Å². The summed E-state index contributed by atoms with van der Waals surface area (Å²) in [6.45, 7) is 8.69. The summed E-state index contributed by atoms with van der Waals surface area (Å²) >= 11 is 0. The van der Waals surface area contributed by atoms with Crippen molar-refractivity contribution in [3.05, 3.63) is 29.8 Å². The first-order valence-electron chi connectivity index (χ1n) is 7.26. The molecule has 1 saturated heterocycles. The summed E-state index contributed by atoms with van der Waals surface area (Å²) in [7, 11) is 2.18. The third-order valence-electron chi connectivity index (χ3n) is 3.63. The van der Waals surface area contributed by atoms with Crippen LogP contribution < -0.4 is 10.1 Å². The number of likely N-dealkylation sites (tertiary alicyclic amines) is 1. The summed E-state index contributed by atoms with van der Waals surface area (Å²) in [6.07, 6.45) is 1.44. The van der Waals surface area contributed by atoms with E-state index in [2.05, 4.69) is 56.2 Å². The van der Waals surface area contributed by atoms with E-state index in [-0.39, 0.29) is 6.10 Å². The van der Waals surface area contributed by atoms with Gasteiger partial charge in [-0.2, -0.15) is 0 Å². The van der Waals surface area contributed by atoms with E-state index >= 15 is 0 Å². The van der Waals surface area contributed by atoms with Crippen LogP contribution in [0.25, 0.3) is 0 Å². The van der Waals surface area contributed by atoms with Crippen LogP contribution in [-0.4, -0.2) is 37.2 Å². The molecule has 0 aromatic heterocycles. The average molecular weight is 262 g/mol. The number of hydrogen-bond acceptors (Lipinski definition) is 3. The summed E-state index contributed by atoms with van der Waals surface area (Å²) in [5, 5.41) is 3.72. The topological polar surface area (TPSA) is 24.5 Å². The molecular weight excluding hydrogens is 236 g/mol. The van der Waals surface area contributed by atoms with Crippen LogP contribution in [0.5, 0.6) is 5.75 Å². The first-order chi connectivity index (χ1) is 9.06. The van der Waals surface area contributed by atoms with Crippen LogP contribution in [0.15, 0.2) is 24.3 Å². The maximum Gasteiger partial charge on any atom is 0.124 e. The quantitative estimate of drug-likeness (QED) is 0.883. The molecule has 1 aliphatic rings. The summed E-state index contributed by atoms with van der Waals surface area (Å²) in [5.74, 6) is 1.00. The Morgan fingerprint density at radius 3 is 2.63 bits per heavy atom. The average Bonchev–Trinajstić information content (AvgIpc) is 2.74. The van der Waals surface area contributed by atoms with Crippen molar-refractivity contribution in [3.63, 3.8) is 0 Å². The zero-order valence-electron chi connectivity index (χ0n) is 12.5. The highest BCUT2D eigenvalue weighted by molar-refractivity contribution is 5.35. The van der Waals surface area contributed by atoms with Gasteiger partial charge < -0.3 is 15.0 Å². The number of nitrogens with zero attached hydrogens (tertiary/aromatic N) is 1. The molecular formula is C16H26N2O. The van der Waals surface area contributed by atoms with Crippen molar-refractivity contribution in [3.8, 4) is 5.75 Å². The second-order valence-electron chi connectivity index (χ2n) is 5.84. The van der Waals surface area contributed by atoms with Gasteiger partial charge in [0.25, 0.3) is 0 Å². The number of hydrogen-bond donors (Lipinski definition) is 1. The minimum atomic E-state index is 0.214. The van der Waals surface area contributed by atoms with Crippen molar-refractivity contribution in [2.75, 3.05) is 20.1 Å². The molecule has 1 N–H and O–H groups in total. The first-order valence-corrected chi connectivity index (χ1v) is 7.26. The Bertz CT molecular complexity index is 405. The molecule has 3 heteroatoms. The van der Waals surface area contributed by atoms with Crippen molar-refractivity contribution in [1.82, 2.24) is 10.2 Å². The summed E-state index contributed by atoms with van der Waals surface area (Å²) in [4.78, 5) is 2.38. The molecule has 0 spiro atoms. The molecule has 19 heavy (non-hydrogen) atoms. The van der Waals surface area contributed by atoms with E-state index in [1.165, 1.54) is 18.5 Å². The van der Waals surface area contributed by atoms with Gasteiger partial charge in [0.05, 0.1) is 6.10 Å². The lowest BCUT2D eigenvalue weighted by Crippen LogP contribution is -2.33. The van der Waals surface area contributed by atoms with Crippen LogP contribution in [0.4, 0.5) is 0 Å². The highest BCUT2D eigenvalue weighted by Crippen LogP contribution is 2.26. The van der Waals surface area contributed by atoms with E-state index in [0.29, 0.717) is 12.1 Å². The zero-order chi connectivity index (χ0) is 13.8. The van der Waals surface area contributed by atoms with Gasteiger partial charge >= 0.3 is 0 Å². The minimum absolute atomic E-state index is 0.214. The zero-order valence-corrected chi connectivity index (χ0v) is 12.5. The smallest absolute Gasteiger partial charge is 0.124 e. The molecule has 1 aromatic carbocycles. The number of ether oxygens (including phenoxy) is 1. The fourth-order valence-electron chi connectivity index (χ4n) is 2.71. The van der Waals surface area contributed by atoms with Crippen molar-refractivity contribution in [1.29, 1.82) is 0 Å². The van der Waals surface area contributed by atoms with Gasteiger partial charge in [-0.25, -0.2) is 0 Å². The van der Waals surface area contributed by atoms with Crippen LogP contribution in [0, 0.1) is 0 Å². The lowest BCUT2D eigenvalue weighted by atomic mass is 10.1. The minimum Gasteiger partial charge on any atom is -0.491 e.